The summed E-state index contributed by atoms with van der Waals surface area (Å²) < 4.78 is 27.7. The average Bonchev–Trinajstić information content (AvgIpc) is 2.88. The third-order valence-electron chi connectivity index (χ3n) is 3.02. The first kappa shape index (κ1) is 16.2. The molecule has 0 unspecified atom stereocenters. The molecular weight excluding hydrogens is 330 g/mol. The summed E-state index contributed by atoms with van der Waals surface area (Å²) in [4.78, 5) is 4.20. The van der Waals surface area contributed by atoms with Gasteiger partial charge in [0, 0.05) is 22.3 Å². The van der Waals surface area contributed by atoms with Crippen LogP contribution in [0.15, 0.2) is 28.6 Å². The molecule has 0 aliphatic carbocycles. The molecule has 3 N–H and O–H groups in total. The quantitative estimate of drug-likeness (QED) is 0.834. The van der Waals surface area contributed by atoms with Gasteiger partial charge in [-0.15, -0.1) is 11.3 Å². The normalized spacial score (nSPS) is 12.6. The maximum absolute atomic E-state index is 12.5. The number of thiazole rings is 1. The highest BCUT2D eigenvalue weighted by Gasteiger charge is 2.30. The van der Waals surface area contributed by atoms with Crippen LogP contribution >= 0.6 is 22.9 Å². The number of nitrogens with two attached hydrogens (primary N) is 1. The molecule has 1 aromatic heterocycles. The Balaban J connectivity index is 2.40. The summed E-state index contributed by atoms with van der Waals surface area (Å²) in [6.45, 7) is 5.24. The maximum Gasteiger partial charge on any atom is 0.241 e. The van der Waals surface area contributed by atoms with E-state index in [1.165, 1.54) is 23.5 Å². The Labute approximate surface area is 133 Å². The van der Waals surface area contributed by atoms with Crippen molar-refractivity contribution in [2.24, 2.45) is 0 Å². The topological polar surface area (TPSA) is 85.1 Å². The smallest absolute Gasteiger partial charge is 0.241 e. The first-order valence-corrected chi connectivity index (χ1v) is 8.87. The van der Waals surface area contributed by atoms with E-state index < -0.39 is 15.6 Å². The Bertz CT molecular complexity index is 733. The zero-order valence-corrected chi connectivity index (χ0v) is 14.2. The summed E-state index contributed by atoms with van der Waals surface area (Å²) in [6.07, 6.45) is 1.64. The minimum Gasteiger partial charge on any atom is -0.398 e. The molecule has 0 bridgehead atoms. The summed E-state index contributed by atoms with van der Waals surface area (Å²) in [7, 11) is -3.75. The fourth-order valence-electron chi connectivity index (χ4n) is 1.80. The third kappa shape index (κ3) is 3.37. The second-order valence-corrected chi connectivity index (χ2v) is 8.17. The van der Waals surface area contributed by atoms with Crippen LogP contribution in [0.25, 0.3) is 0 Å². The van der Waals surface area contributed by atoms with Crippen LogP contribution in [0.1, 0.15) is 24.4 Å². The Morgan fingerprint density at radius 1 is 1.38 bits per heavy atom. The van der Waals surface area contributed by atoms with E-state index in [2.05, 4.69) is 9.71 Å². The van der Waals surface area contributed by atoms with Gasteiger partial charge in [0.25, 0.3) is 0 Å². The SMILES string of the molecule is Cc1c(N)cc(S(=O)(=O)NC(C)(C)c2nccs2)cc1Cl. The molecule has 0 atom stereocenters. The van der Waals surface area contributed by atoms with Gasteiger partial charge in [-0.05, 0) is 38.5 Å². The van der Waals surface area contributed by atoms with Gasteiger partial charge in [-0.2, -0.15) is 4.72 Å². The van der Waals surface area contributed by atoms with E-state index in [9.17, 15) is 8.42 Å². The summed E-state index contributed by atoms with van der Waals surface area (Å²) in [6, 6.07) is 2.80. The van der Waals surface area contributed by atoms with Crippen molar-refractivity contribution in [3.8, 4) is 0 Å². The molecule has 5 nitrogen and oxygen atoms in total. The Kier molecular flexibility index (Phi) is 4.30. The van der Waals surface area contributed by atoms with Crippen molar-refractivity contribution in [2.45, 2.75) is 31.2 Å². The molecule has 0 saturated heterocycles. The Morgan fingerprint density at radius 3 is 2.57 bits per heavy atom. The molecular formula is C13H16ClN3O2S2. The zero-order valence-electron chi connectivity index (χ0n) is 11.8. The lowest BCUT2D eigenvalue weighted by Gasteiger charge is -2.23. The Morgan fingerprint density at radius 2 is 2.05 bits per heavy atom. The predicted octanol–water partition coefficient (Wildman–Crippen LogP) is 2.90. The van der Waals surface area contributed by atoms with E-state index in [1.807, 2.05) is 0 Å². The molecule has 0 aliphatic heterocycles. The molecule has 114 valence electrons. The molecule has 0 amide bonds. The summed E-state index contributed by atoms with van der Waals surface area (Å²) in [5, 5.41) is 2.80. The van der Waals surface area contributed by atoms with Crippen LogP contribution in [0.3, 0.4) is 0 Å². The lowest BCUT2D eigenvalue weighted by atomic mass is 10.1. The standard InChI is InChI=1S/C13H16ClN3O2S2/c1-8-10(14)6-9(7-11(8)15)21(18,19)17-13(2,3)12-16-4-5-20-12/h4-7,17H,15H2,1-3H3. The fourth-order valence-corrected chi connectivity index (χ4v) is 4.32. The molecule has 2 rings (SSSR count). The summed E-state index contributed by atoms with van der Waals surface area (Å²) in [5.41, 5.74) is 5.97. The highest BCUT2D eigenvalue weighted by atomic mass is 35.5. The van der Waals surface area contributed by atoms with Crippen molar-refractivity contribution in [1.82, 2.24) is 9.71 Å². The van der Waals surface area contributed by atoms with Crippen LogP contribution in [-0.4, -0.2) is 13.4 Å². The van der Waals surface area contributed by atoms with Gasteiger partial charge in [0.2, 0.25) is 10.0 Å². The van der Waals surface area contributed by atoms with Gasteiger partial charge < -0.3 is 5.73 Å². The van der Waals surface area contributed by atoms with Gasteiger partial charge in [-0.3, -0.25) is 0 Å². The molecule has 1 heterocycles. The number of rotatable bonds is 4. The van der Waals surface area contributed by atoms with Gasteiger partial charge in [-0.1, -0.05) is 11.6 Å². The number of nitrogens with one attached hydrogen (secondary N) is 1. The van der Waals surface area contributed by atoms with Crippen molar-refractivity contribution in [3.05, 3.63) is 39.3 Å². The number of nitrogens with zero attached hydrogens (tertiary/aromatic N) is 1. The van der Waals surface area contributed by atoms with E-state index in [0.717, 1.165) is 0 Å². The molecule has 21 heavy (non-hydrogen) atoms. The Hall–Kier alpha value is -1.15. The number of halogens is 1. The summed E-state index contributed by atoms with van der Waals surface area (Å²) in [5.74, 6) is 0. The van der Waals surface area contributed by atoms with Crippen molar-refractivity contribution in [2.75, 3.05) is 5.73 Å². The van der Waals surface area contributed by atoms with Crippen LogP contribution in [0.4, 0.5) is 5.69 Å². The van der Waals surface area contributed by atoms with Crippen LogP contribution in [-0.2, 0) is 15.6 Å². The maximum atomic E-state index is 12.5. The number of nitrogen functional groups attached to an aromatic ring is 1. The zero-order chi connectivity index (χ0) is 15.8. The van der Waals surface area contributed by atoms with E-state index in [0.29, 0.717) is 21.3 Å². The lowest BCUT2D eigenvalue weighted by Crippen LogP contribution is -2.40. The largest absolute Gasteiger partial charge is 0.398 e. The van der Waals surface area contributed by atoms with Gasteiger partial charge >= 0.3 is 0 Å². The lowest BCUT2D eigenvalue weighted by molar-refractivity contribution is 0.470. The van der Waals surface area contributed by atoms with E-state index >= 15 is 0 Å². The molecule has 0 spiro atoms. The highest BCUT2D eigenvalue weighted by molar-refractivity contribution is 7.89. The first-order chi connectivity index (χ1) is 9.63. The second-order valence-electron chi connectivity index (χ2n) is 5.19. The van der Waals surface area contributed by atoms with E-state index in [4.69, 9.17) is 17.3 Å². The van der Waals surface area contributed by atoms with Crippen LogP contribution < -0.4 is 10.5 Å². The minimum absolute atomic E-state index is 0.0419. The van der Waals surface area contributed by atoms with Crippen molar-refractivity contribution >= 4 is 38.6 Å². The van der Waals surface area contributed by atoms with Gasteiger partial charge in [-0.25, -0.2) is 13.4 Å². The van der Waals surface area contributed by atoms with Crippen molar-refractivity contribution in [1.29, 1.82) is 0 Å². The number of benzene rings is 1. The predicted molar refractivity (Wildman–Crippen MR) is 86.1 cm³/mol. The summed E-state index contributed by atoms with van der Waals surface area (Å²) >= 11 is 7.40. The molecule has 0 fully saturated rings. The van der Waals surface area contributed by atoms with Crippen LogP contribution in [0, 0.1) is 6.92 Å². The van der Waals surface area contributed by atoms with Gasteiger partial charge in [0.15, 0.2) is 0 Å². The molecule has 0 saturated carbocycles. The highest BCUT2D eigenvalue weighted by Crippen LogP contribution is 2.29. The number of hydrogen-bond acceptors (Lipinski definition) is 5. The number of aromatic nitrogens is 1. The second kappa shape index (κ2) is 5.57. The minimum atomic E-state index is -3.75. The van der Waals surface area contributed by atoms with Gasteiger partial charge in [0.1, 0.15) is 5.01 Å². The average molecular weight is 346 g/mol. The molecule has 1 aromatic carbocycles. The molecule has 0 radical (unpaired) electrons. The van der Waals surface area contributed by atoms with Crippen LogP contribution in [0.5, 0.6) is 0 Å². The number of anilines is 1. The first-order valence-electron chi connectivity index (χ1n) is 6.13. The van der Waals surface area contributed by atoms with Crippen molar-refractivity contribution < 1.29 is 8.42 Å². The van der Waals surface area contributed by atoms with Crippen LogP contribution in [0.2, 0.25) is 5.02 Å². The number of sulfonamides is 1. The van der Waals surface area contributed by atoms with Gasteiger partial charge in [0.05, 0.1) is 10.4 Å². The van der Waals surface area contributed by atoms with E-state index in [1.54, 1.807) is 32.3 Å². The van der Waals surface area contributed by atoms with Crippen molar-refractivity contribution in [3.63, 3.8) is 0 Å². The fraction of sp³-hybridized carbons (Fsp3) is 0.308. The third-order valence-corrected chi connectivity index (χ3v) is 6.15. The molecule has 8 heteroatoms. The number of hydrogen-bond donors (Lipinski definition) is 2. The van der Waals surface area contributed by atoms with E-state index in [-0.39, 0.29) is 4.90 Å². The molecule has 0 aliphatic rings. The molecule has 2 aromatic rings. The monoisotopic (exact) mass is 345 g/mol.